The summed E-state index contributed by atoms with van der Waals surface area (Å²) in [7, 11) is 0. The zero-order valence-corrected chi connectivity index (χ0v) is 8.04. The highest BCUT2D eigenvalue weighted by Crippen LogP contribution is 2.24. The Labute approximate surface area is 73.7 Å². The van der Waals surface area contributed by atoms with E-state index in [1.165, 1.54) is 0 Å². The Balaban J connectivity index is 2.56. The summed E-state index contributed by atoms with van der Waals surface area (Å²) >= 11 is 0. The molecule has 0 bridgehead atoms. The highest BCUT2D eigenvalue weighted by atomic mass is 16.7. The molecule has 0 radical (unpaired) electrons. The van der Waals surface area contributed by atoms with Crippen molar-refractivity contribution < 1.29 is 14.6 Å². The maximum absolute atomic E-state index is 8.99. The molecule has 2 atom stereocenters. The van der Waals surface area contributed by atoms with Crippen LogP contribution in [0.1, 0.15) is 27.2 Å². The summed E-state index contributed by atoms with van der Waals surface area (Å²) < 4.78 is 11.0. The molecule has 3 nitrogen and oxygen atoms in total. The number of ether oxygens (including phenoxy) is 2. The third-order valence-electron chi connectivity index (χ3n) is 2.03. The third kappa shape index (κ3) is 2.73. The fraction of sp³-hybridized carbons (Fsp3) is 1.00. The fourth-order valence-corrected chi connectivity index (χ4v) is 1.46. The average Bonchev–Trinajstić information content (AvgIpc) is 2.10. The first-order chi connectivity index (χ1) is 5.53. The second kappa shape index (κ2) is 3.73. The van der Waals surface area contributed by atoms with E-state index in [2.05, 4.69) is 6.92 Å². The summed E-state index contributed by atoms with van der Waals surface area (Å²) in [5.41, 5.74) is 0. The van der Waals surface area contributed by atoms with Crippen LogP contribution < -0.4 is 0 Å². The van der Waals surface area contributed by atoms with Gasteiger partial charge in [-0.3, -0.25) is 0 Å². The van der Waals surface area contributed by atoms with Gasteiger partial charge < -0.3 is 14.6 Å². The molecule has 3 heteroatoms. The van der Waals surface area contributed by atoms with Crippen LogP contribution in [0.15, 0.2) is 0 Å². The first kappa shape index (κ1) is 9.96. The molecule has 0 amide bonds. The first-order valence-electron chi connectivity index (χ1n) is 4.46. The van der Waals surface area contributed by atoms with Crippen LogP contribution in [0.3, 0.4) is 0 Å². The Bertz CT molecular complexity index is 145. The minimum Gasteiger partial charge on any atom is -0.394 e. The van der Waals surface area contributed by atoms with Crippen molar-refractivity contribution in [2.75, 3.05) is 13.2 Å². The highest BCUT2D eigenvalue weighted by Gasteiger charge is 2.29. The molecule has 1 heterocycles. The summed E-state index contributed by atoms with van der Waals surface area (Å²) in [5.74, 6) is -0.0815. The van der Waals surface area contributed by atoms with Crippen LogP contribution in [0.2, 0.25) is 0 Å². The van der Waals surface area contributed by atoms with Gasteiger partial charge in [0.25, 0.3) is 0 Å². The van der Waals surface area contributed by atoms with Gasteiger partial charge >= 0.3 is 0 Å². The van der Waals surface area contributed by atoms with Crippen LogP contribution in [0.25, 0.3) is 0 Å². The molecular weight excluding hydrogens is 156 g/mol. The van der Waals surface area contributed by atoms with Crippen LogP contribution in [0.5, 0.6) is 0 Å². The normalized spacial score (nSPS) is 36.0. The van der Waals surface area contributed by atoms with E-state index in [4.69, 9.17) is 14.6 Å². The number of hydrogen-bond donors (Lipinski definition) is 1. The molecule has 0 aromatic heterocycles. The van der Waals surface area contributed by atoms with Crippen LogP contribution >= 0.6 is 0 Å². The number of rotatable bonds is 1. The topological polar surface area (TPSA) is 38.7 Å². The molecule has 72 valence electrons. The maximum atomic E-state index is 8.99. The summed E-state index contributed by atoms with van der Waals surface area (Å²) in [6.07, 6.45) is 0.803. The molecule has 0 aromatic carbocycles. The highest BCUT2D eigenvalue weighted by molar-refractivity contribution is 4.70. The van der Waals surface area contributed by atoms with E-state index in [1.807, 2.05) is 13.8 Å². The summed E-state index contributed by atoms with van der Waals surface area (Å²) in [6.45, 7) is 6.66. The summed E-state index contributed by atoms with van der Waals surface area (Å²) in [5, 5.41) is 8.99. The van der Waals surface area contributed by atoms with Crippen molar-refractivity contribution >= 4 is 0 Å². The Kier molecular flexibility index (Phi) is 3.09. The molecule has 1 rings (SSSR count). The third-order valence-corrected chi connectivity index (χ3v) is 2.03. The minimum absolute atomic E-state index is 0.0718. The molecule has 0 aliphatic carbocycles. The lowest BCUT2D eigenvalue weighted by Gasteiger charge is -2.26. The van der Waals surface area contributed by atoms with E-state index in [-0.39, 0.29) is 12.7 Å². The maximum Gasteiger partial charge on any atom is 0.163 e. The second-order valence-corrected chi connectivity index (χ2v) is 3.97. The SMILES string of the molecule is CC1COC(C)(C)OC(CO)C1. The standard InChI is InChI=1S/C9H18O3/c1-7-4-8(5-10)12-9(2,3)11-6-7/h7-8,10H,4-6H2,1-3H3. The molecule has 1 aliphatic heterocycles. The lowest BCUT2D eigenvalue weighted by Crippen LogP contribution is -2.32. The van der Waals surface area contributed by atoms with E-state index in [9.17, 15) is 0 Å². The second-order valence-electron chi connectivity index (χ2n) is 3.97. The van der Waals surface area contributed by atoms with Gasteiger partial charge in [0, 0.05) is 0 Å². The van der Waals surface area contributed by atoms with E-state index in [0.717, 1.165) is 6.42 Å². The van der Waals surface area contributed by atoms with Gasteiger partial charge in [0.2, 0.25) is 0 Å². The lowest BCUT2D eigenvalue weighted by molar-refractivity contribution is -0.228. The van der Waals surface area contributed by atoms with Crippen molar-refractivity contribution in [1.82, 2.24) is 0 Å². The Morgan fingerprint density at radius 3 is 2.75 bits per heavy atom. The van der Waals surface area contributed by atoms with E-state index in [1.54, 1.807) is 0 Å². The molecule has 2 unspecified atom stereocenters. The largest absolute Gasteiger partial charge is 0.394 e. The van der Waals surface area contributed by atoms with Gasteiger partial charge in [0.15, 0.2) is 5.79 Å². The molecule has 0 aromatic rings. The molecule has 12 heavy (non-hydrogen) atoms. The summed E-state index contributed by atoms with van der Waals surface area (Å²) in [4.78, 5) is 0. The molecule has 0 spiro atoms. The van der Waals surface area contributed by atoms with E-state index in [0.29, 0.717) is 12.5 Å². The van der Waals surface area contributed by atoms with Crippen LogP contribution in [-0.2, 0) is 9.47 Å². The average molecular weight is 174 g/mol. The van der Waals surface area contributed by atoms with E-state index < -0.39 is 5.79 Å². The Morgan fingerprint density at radius 2 is 2.17 bits per heavy atom. The van der Waals surface area contributed by atoms with Gasteiger partial charge in [-0.1, -0.05) is 6.92 Å². The molecule has 1 N–H and O–H groups in total. The van der Waals surface area contributed by atoms with Gasteiger partial charge in [-0.2, -0.15) is 0 Å². The van der Waals surface area contributed by atoms with Gasteiger partial charge in [0.1, 0.15) is 0 Å². The fourth-order valence-electron chi connectivity index (χ4n) is 1.46. The monoisotopic (exact) mass is 174 g/mol. The van der Waals surface area contributed by atoms with Crippen molar-refractivity contribution in [1.29, 1.82) is 0 Å². The number of hydrogen-bond acceptors (Lipinski definition) is 3. The zero-order valence-electron chi connectivity index (χ0n) is 8.04. The lowest BCUT2D eigenvalue weighted by atomic mass is 10.1. The zero-order chi connectivity index (χ0) is 9.19. The minimum atomic E-state index is -0.543. The van der Waals surface area contributed by atoms with Gasteiger partial charge in [0.05, 0.1) is 19.3 Å². The molecule has 0 saturated carbocycles. The van der Waals surface area contributed by atoms with E-state index >= 15 is 0 Å². The van der Waals surface area contributed by atoms with Gasteiger partial charge in [-0.05, 0) is 26.2 Å². The van der Waals surface area contributed by atoms with Crippen LogP contribution in [-0.4, -0.2) is 30.2 Å². The van der Waals surface area contributed by atoms with Crippen LogP contribution in [0.4, 0.5) is 0 Å². The Morgan fingerprint density at radius 1 is 1.50 bits per heavy atom. The number of aliphatic hydroxyl groups is 1. The Hall–Kier alpha value is -0.120. The van der Waals surface area contributed by atoms with Gasteiger partial charge in [-0.15, -0.1) is 0 Å². The number of aliphatic hydroxyl groups excluding tert-OH is 1. The smallest absolute Gasteiger partial charge is 0.163 e. The van der Waals surface area contributed by atoms with Crippen molar-refractivity contribution in [2.24, 2.45) is 5.92 Å². The van der Waals surface area contributed by atoms with Crippen molar-refractivity contribution in [3.05, 3.63) is 0 Å². The molecular formula is C9H18O3. The predicted octanol–water partition coefficient (Wildman–Crippen LogP) is 1.16. The molecule has 1 aliphatic rings. The van der Waals surface area contributed by atoms with Gasteiger partial charge in [-0.25, -0.2) is 0 Å². The molecule has 1 saturated heterocycles. The quantitative estimate of drug-likeness (QED) is 0.648. The van der Waals surface area contributed by atoms with Crippen LogP contribution in [0, 0.1) is 5.92 Å². The first-order valence-corrected chi connectivity index (χ1v) is 4.46. The molecule has 1 fully saturated rings. The predicted molar refractivity (Wildman–Crippen MR) is 45.8 cm³/mol. The van der Waals surface area contributed by atoms with Crippen molar-refractivity contribution in [3.63, 3.8) is 0 Å². The van der Waals surface area contributed by atoms with Crippen molar-refractivity contribution in [2.45, 2.75) is 39.1 Å². The summed E-state index contributed by atoms with van der Waals surface area (Å²) in [6, 6.07) is 0. The van der Waals surface area contributed by atoms with Crippen molar-refractivity contribution in [3.8, 4) is 0 Å².